The molecule has 1 unspecified atom stereocenters. The zero-order chi connectivity index (χ0) is 11.5. The van der Waals surface area contributed by atoms with Crippen molar-refractivity contribution in [1.29, 1.82) is 0 Å². The van der Waals surface area contributed by atoms with Crippen LogP contribution in [0.15, 0.2) is 30.9 Å². The molecule has 2 rings (SSSR count). The first-order chi connectivity index (χ1) is 7.66. The van der Waals surface area contributed by atoms with Crippen molar-refractivity contribution in [2.24, 2.45) is 0 Å². The van der Waals surface area contributed by atoms with Crippen LogP contribution in [-0.4, -0.2) is 19.9 Å². The van der Waals surface area contributed by atoms with Crippen molar-refractivity contribution in [3.05, 3.63) is 48.1 Å². The van der Waals surface area contributed by atoms with Gasteiger partial charge in [0.25, 0.3) is 0 Å². The highest BCUT2D eigenvalue weighted by Gasteiger charge is 2.13. The summed E-state index contributed by atoms with van der Waals surface area (Å²) >= 11 is 0. The molecule has 0 aliphatic heterocycles. The van der Waals surface area contributed by atoms with Crippen LogP contribution in [0, 0.1) is 11.6 Å². The van der Waals surface area contributed by atoms with E-state index in [0.29, 0.717) is 0 Å². The Morgan fingerprint density at radius 1 is 1.25 bits per heavy atom. The van der Waals surface area contributed by atoms with Gasteiger partial charge in [-0.05, 0) is 6.07 Å². The molecule has 84 valence electrons. The van der Waals surface area contributed by atoms with Crippen molar-refractivity contribution in [1.82, 2.24) is 14.8 Å². The van der Waals surface area contributed by atoms with Crippen LogP contribution in [0.25, 0.3) is 0 Å². The van der Waals surface area contributed by atoms with Gasteiger partial charge in [0.1, 0.15) is 24.3 Å². The van der Waals surface area contributed by atoms with Gasteiger partial charge in [0.2, 0.25) is 0 Å². The van der Waals surface area contributed by atoms with E-state index in [0.717, 1.165) is 12.1 Å². The number of aromatic nitrogens is 3. The highest BCUT2D eigenvalue weighted by molar-refractivity contribution is 5.20. The van der Waals surface area contributed by atoms with Crippen molar-refractivity contribution in [2.75, 3.05) is 0 Å². The minimum Gasteiger partial charge on any atom is -0.386 e. The fourth-order valence-electron chi connectivity index (χ4n) is 1.39. The number of nitrogens with zero attached hydrogens (tertiary/aromatic N) is 3. The predicted octanol–water partition coefficient (Wildman–Crippen LogP) is 1.29. The van der Waals surface area contributed by atoms with Gasteiger partial charge in [0.05, 0.1) is 12.6 Å². The third kappa shape index (κ3) is 2.22. The summed E-state index contributed by atoms with van der Waals surface area (Å²) < 4.78 is 27.4. The lowest BCUT2D eigenvalue weighted by Gasteiger charge is -2.11. The molecule has 0 spiro atoms. The Labute approximate surface area is 90.2 Å². The van der Waals surface area contributed by atoms with Crippen molar-refractivity contribution in [3.8, 4) is 0 Å². The monoisotopic (exact) mass is 225 g/mol. The summed E-state index contributed by atoms with van der Waals surface area (Å²) in [5.41, 5.74) is 0.0510. The van der Waals surface area contributed by atoms with Crippen LogP contribution in [0.4, 0.5) is 8.78 Å². The molecule has 4 nitrogen and oxygen atoms in total. The molecule has 0 amide bonds. The van der Waals surface area contributed by atoms with Gasteiger partial charge in [-0.1, -0.05) is 6.07 Å². The summed E-state index contributed by atoms with van der Waals surface area (Å²) in [5, 5.41) is 16.8. The summed E-state index contributed by atoms with van der Waals surface area (Å²) in [4.78, 5) is 0. The van der Waals surface area contributed by atoms with Gasteiger partial charge in [-0.3, -0.25) is 0 Å². The van der Waals surface area contributed by atoms with Crippen molar-refractivity contribution in [2.45, 2.75) is 12.6 Å². The van der Waals surface area contributed by atoms with Gasteiger partial charge in [0, 0.05) is 11.6 Å². The highest BCUT2D eigenvalue weighted by atomic mass is 19.1. The molecule has 0 fully saturated rings. The fourth-order valence-corrected chi connectivity index (χ4v) is 1.39. The quantitative estimate of drug-likeness (QED) is 0.856. The third-order valence-electron chi connectivity index (χ3n) is 2.17. The standard InChI is InChI=1S/C10H9F2N3O/c11-7-1-2-8(9(12)3-7)10(16)4-15-5-13-14-6-15/h1-3,5-6,10,16H,4H2. The van der Waals surface area contributed by atoms with Crippen molar-refractivity contribution < 1.29 is 13.9 Å². The van der Waals surface area contributed by atoms with Crippen LogP contribution >= 0.6 is 0 Å². The summed E-state index contributed by atoms with van der Waals surface area (Å²) in [7, 11) is 0. The fraction of sp³-hybridized carbons (Fsp3) is 0.200. The number of aliphatic hydroxyl groups is 1. The van der Waals surface area contributed by atoms with E-state index in [-0.39, 0.29) is 12.1 Å². The SMILES string of the molecule is OC(Cn1cnnc1)c1ccc(F)cc1F. The Morgan fingerprint density at radius 3 is 2.56 bits per heavy atom. The Bertz CT molecular complexity index is 473. The van der Waals surface area contributed by atoms with Gasteiger partial charge in [-0.25, -0.2) is 8.78 Å². The van der Waals surface area contributed by atoms with Crippen molar-refractivity contribution in [3.63, 3.8) is 0 Å². The van der Waals surface area contributed by atoms with E-state index in [1.165, 1.54) is 23.3 Å². The molecule has 0 saturated carbocycles. The van der Waals surface area contributed by atoms with Crippen LogP contribution < -0.4 is 0 Å². The van der Waals surface area contributed by atoms with Gasteiger partial charge in [0.15, 0.2) is 0 Å². The second kappa shape index (κ2) is 4.36. The zero-order valence-electron chi connectivity index (χ0n) is 8.22. The largest absolute Gasteiger partial charge is 0.386 e. The number of rotatable bonds is 3. The molecule has 0 saturated heterocycles. The number of hydrogen-bond donors (Lipinski definition) is 1. The van der Waals surface area contributed by atoms with E-state index in [2.05, 4.69) is 10.2 Å². The second-order valence-electron chi connectivity index (χ2n) is 3.34. The van der Waals surface area contributed by atoms with Gasteiger partial charge < -0.3 is 9.67 Å². The first-order valence-corrected chi connectivity index (χ1v) is 4.62. The Morgan fingerprint density at radius 2 is 1.94 bits per heavy atom. The van der Waals surface area contributed by atoms with Crippen LogP contribution in [0.3, 0.4) is 0 Å². The van der Waals surface area contributed by atoms with Gasteiger partial charge in [-0.2, -0.15) is 0 Å². The topological polar surface area (TPSA) is 50.9 Å². The maximum Gasteiger partial charge on any atom is 0.131 e. The Kier molecular flexibility index (Phi) is 2.91. The molecule has 1 atom stereocenters. The first-order valence-electron chi connectivity index (χ1n) is 4.62. The smallest absolute Gasteiger partial charge is 0.131 e. The lowest BCUT2D eigenvalue weighted by Crippen LogP contribution is -2.09. The molecule has 16 heavy (non-hydrogen) atoms. The number of benzene rings is 1. The second-order valence-corrected chi connectivity index (χ2v) is 3.34. The van der Waals surface area contributed by atoms with Crippen LogP contribution in [-0.2, 0) is 6.54 Å². The van der Waals surface area contributed by atoms with E-state index in [1.54, 1.807) is 0 Å². The maximum absolute atomic E-state index is 13.3. The Hall–Kier alpha value is -1.82. The third-order valence-corrected chi connectivity index (χ3v) is 2.17. The summed E-state index contributed by atoms with van der Waals surface area (Å²) in [6.07, 6.45) is 1.76. The number of halogens is 2. The molecule has 0 radical (unpaired) electrons. The minimum absolute atomic E-state index is 0.0510. The predicted molar refractivity (Wildman–Crippen MR) is 51.3 cm³/mol. The van der Waals surface area contributed by atoms with E-state index in [4.69, 9.17) is 0 Å². The average molecular weight is 225 g/mol. The van der Waals surface area contributed by atoms with Crippen LogP contribution in [0.5, 0.6) is 0 Å². The van der Waals surface area contributed by atoms with Crippen LogP contribution in [0.2, 0.25) is 0 Å². The van der Waals surface area contributed by atoms with E-state index in [1.807, 2.05) is 0 Å². The number of aliphatic hydroxyl groups excluding tert-OH is 1. The molecule has 0 aliphatic rings. The molecule has 1 N–H and O–H groups in total. The lowest BCUT2D eigenvalue weighted by molar-refractivity contribution is 0.151. The summed E-state index contributed by atoms with van der Waals surface area (Å²) in [6.45, 7) is 0.121. The molecule has 6 heteroatoms. The van der Waals surface area contributed by atoms with Crippen molar-refractivity contribution >= 4 is 0 Å². The normalized spacial score (nSPS) is 12.7. The van der Waals surface area contributed by atoms with Gasteiger partial charge in [-0.15, -0.1) is 10.2 Å². The molecule has 1 aromatic heterocycles. The van der Waals surface area contributed by atoms with Crippen LogP contribution in [0.1, 0.15) is 11.7 Å². The summed E-state index contributed by atoms with van der Waals surface area (Å²) in [6, 6.07) is 3.07. The molecule has 2 aromatic rings. The minimum atomic E-state index is -1.06. The van der Waals surface area contributed by atoms with E-state index < -0.39 is 17.7 Å². The van der Waals surface area contributed by atoms with E-state index in [9.17, 15) is 13.9 Å². The molecule has 1 aromatic carbocycles. The summed E-state index contributed by atoms with van der Waals surface area (Å²) in [5.74, 6) is -1.43. The van der Waals surface area contributed by atoms with Gasteiger partial charge >= 0.3 is 0 Å². The van der Waals surface area contributed by atoms with E-state index >= 15 is 0 Å². The molecule has 0 aliphatic carbocycles. The zero-order valence-corrected chi connectivity index (χ0v) is 8.22. The molecular weight excluding hydrogens is 216 g/mol. The highest BCUT2D eigenvalue weighted by Crippen LogP contribution is 2.19. The first kappa shape index (κ1) is 10.7. The molecule has 0 bridgehead atoms. The molecular formula is C10H9F2N3O. The lowest BCUT2D eigenvalue weighted by atomic mass is 10.1. The Balaban J connectivity index is 2.17. The number of hydrogen-bond acceptors (Lipinski definition) is 3. The maximum atomic E-state index is 13.3. The average Bonchev–Trinajstić information content (AvgIpc) is 2.70. The molecule has 1 heterocycles.